The van der Waals surface area contributed by atoms with E-state index in [9.17, 15) is 10.1 Å². The highest BCUT2D eigenvalue weighted by Gasteiger charge is 2.31. The van der Waals surface area contributed by atoms with Crippen LogP contribution in [-0.2, 0) is 6.54 Å². The largest absolute Gasteiger partial charge is 0.378 e. The van der Waals surface area contributed by atoms with E-state index < -0.39 is 4.92 Å². The maximum Gasteiger partial charge on any atom is 0.353 e. The van der Waals surface area contributed by atoms with Gasteiger partial charge < -0.3 is 15.5 Å². The van der Waals surface area contributed by atoms with Crippen molar-refractivity contribution in [1.82, 2.24) is 14.9 Å². The Kier molecular flexibility index (Phi) is 5.98. The molecule has 1 aromatic heterocycles. The standard InChI is InChI=1S/C21H29N7O2/c1-16-6-5-9-27(14-16)21-23-19(22)18(28(29)30)20(24-21)26-12-10-25(11-13-26)15-17-7-3-2-4-8-17/h2-4,7-8,16H,5-6,9-15H2,1H3,(H2,22,23,24). The zero-order valence-electron chi connectivity index (χ0n) is 17.4. The number of hydrogen-bond donors (Lipinski definition) is 1. The Bertz CT molecular complexity index is 884. The van der Waals surface area contributed by atoms with E-state index in [0.29, 0.717) is 30.8 Å². The van der Waals surface area contributed by atoms with E-state index in [-0.39, 0.29) is 11.5 Å². The summed E-state index contributed by atoms with van der Waals surface area (Å²) in [4.78, 5) is 26.6. The molecule has 9 nitrogen and oxygen atoms in total. The summed E-state index contributed by atoms with van der Waals surface area (Å²) in [6.07, 6.45) is 2.24. The summed E-state index contributed by atoms with van der Waals surface area (Å²) < 4.78 is 0. The fourth-order valence-corrected chi connectivity index (χ4v) is 4.32. The van der Waals surface area contributed by atoms with Crippen LogP contribution in [0.5, 0.6) is 0 Å². The molecule has 0 radical (unpaired) electrons. The van der Waals surface area contributed by atoms with Crippen molar-refractivity contribution >= 4 is 23.3 Å². The quantitative estimate of drug-likeness (QED) is 0.591. The Morgan fingerprint density at radius 2 is 1.83 bits per heavy atom. The van der Waals surface area contributed by atoms with Gasteiger partial charge in [-0.15, -0.1) is 0 Å². The van der Waals surface area contributed by atoms with Gasteiger partial charge in [0.15, 0.2) is 0 Å². The molecule has 2 aromatic rings. The predicted molar refractivity (Wildman–Crippen MR) is 118 cm³/mol. The molecule has 0 amide bonds. The fourth-order valence-electron chi connectivity index (χ4n) is 4.32. The second-order valence-electron chi connectivity index (χ2n) is 8.28. The molecule has 0 bridgehead atoms. The van der Waals surface area contributed by atoms with Crippen molar-refractivity contribution in [2.24, 2.45) is 5.92 Å². The number of rotatable bonds is 5. The molecule has 2 aliphatic heterocycles. The SMILES string of the molecule is CC1CCCN(c2nc(N)c([N+](=O)[O-])c(N3CCN(Cc4ccccc4)CC3)n2)C1. The summed E-state index contributed by atoms with van der Waals surface area (Å²) >= 11 is 0. The fraction of sp³-hybridized carbons (Fsp3) is 0.524. The van der Waals surface area contributed by atoms with Gasteiger partial charge in [-0.05, 0) is 24.3 Å². The lowest BCUT2D eigenvalue weighted by molar-refractivity contribution is -0.383. The highest BCUT2D eigenvalue weighted by Crippen LogP contribution is 2.34. The number of benzene rings is 1. The van der Waals surface area contributed by atoms with Crippen LogP contribution < -0.4 is 15.5 Å². The first kappa shape index (κ1) is 20.3. The van der Waals surface area contributed by atoms with Crippen LogP contribution in [0.1, 0.15) is 25.3 Å². The Balaban J connectivity index is 1.53. The Morgan fingerprint density at radius 1 is 1.10 bits per heavy atom. The molecule has 3 heterocycles. The first-order valence-electron chi connectivity index (χ1n) is 10.6. The molecule has 1 aromatic carbocycles. The molecule has 2 fully saturated rings. The third-order valence-electron chi connectivity index (χ3n) is 5.92. The third kappa shape index (κ3) is 4.46. The highest BCUT2D eigenvalue weighted by atomic mass is 16.6. The summed E-state index contributed by atoms with van der Waals surface area (Å²) in [5.41, 5.74) is 7.13. The van der Waals surface area contributed by atoms with Crippen LogP contribution in [0.2, 0.25) is 0 Å². The zero-order chi connectivity index (χ0) is 21.1. The smallest absolute Gasteiger partial charge is 0.353 e. The molecular weight excluding hydrogens is 382 g/mol. The van der Waals surface area contributed by atoms with E-state index in [1.165, 1.54) is 12.0 Å². The number of aromatic nitrogens is 2. The molecule has 0 aliphatic carbocycles. The van der Waals surface area contributed by atoms with Crippen molar-refractivity contribution in [2.75, 3.05) is 54.8 Å². The van der Waals surface area contributed by atoms with Gasteiger partial charge in [-0.25, -0.2) is 0 Å². The maximum atomic E-state index is 11.7. The molecule has 2 saturated heterocycles. The summed E-state index contributed by atoms with van der Waals surface area (Å²) in [6, 6.07) is 10.3. The zero-order valence-corrected chi connectivity index (χ0v) is 17.4. The first-order chi connectivity index (χ1) is 14.5. The highest BCUT2D eigenvalue weighted by molar-refractivity contribution is 5.71. The predicted octanol–water partition coefficient (Wildman–Crippen LogP) is 2.53. The normalized spacial score (nSPS) is 20.4. The van der Waals surface area contributed by atoms with Crippen molar-refractivity contribution in [1.29, 1.82) is 0 Å². The van der Waals surface area contributed by atoms with E-state index in [1.54, 1.807) is 0 Å². The van der Waals surface area contributed by atoms with E-state index in [0.717, 1.165) is 39.1 Å². The molecule has 2 N–H and O–H groups in total. The summed E-state index contributed by atoms with van der Waals surface area (Å²) in [5.74, 6) is 1.35. The number of piperidine rings is 1. The van der Waals surface area contributed by atoms with E-state index >= 15 is 0 Å². The number of nitro groups is 1. The van der Waals surface area contributed by atoms with Gasteiger partial charge in [-0.3, -0.25) is 15.0 Å². The topological polar surface area (TPSA) is 105 Å². The van der Waals surface area contributed by atoms with Crippen LogP contribution in [0.4, 0.5) is 23.3 Å². The molecule has 1 unspecified atom stereocenters. The lowest BCUT2D eigenvalue weighted by Crippen LogP contribution is -2.46. The molecule has 30 heavy (non-hydrogen) atoms. The molecular formula is C21H29N7O2. The van der Waals surface area contributed by atoms with E-state index in [4.69, 9.17) is 5.73 Å². The average Bonchev–Trinajstić information content (AvgIpc) is 2.74. The van der Waals surface area contributed by atoms with Gasteiger partial charge in [0, 0.05) is 45.8 Å². The van der Waals surface area contributed by atoms with Crippen molar-refractivity contribution < 1.29 is 4.92 Å². The molecule has 0 saturated carbocycles. The van der Waals surface area contributed by atoms with Crippen molar-refractivity contribution in [3.63, 3.8) is 0 Å². The van der Waals surface area contributed by atoms with Crippen LogP contribution in [0.25, 0.3) is 0 Å². The Morgan fingerprint density at radius 3 is 2.50 bits per heavy atom. The van der Waals surface area contributed by atoms with Gasteiger partial charge in [0.2, 0.25) is 17.6 Å². The van der Waals surface area contributed by atoms with Crippen LogP contribution in [0.3, 0.4) is 0 Å². The lowest BCUT2D eigenvalue weighted by atomic mass is 10.0. The van der Waals surface area contributed by atoms with Gasteiger partial charge in [0.05, 0.1) is 4.92 Å². The van der Waals surface area contributed by atoms with Crippen LogP contribution in [0.15, 0.2) is 30.3 Å². The number of nitrogen functional groups attached to an aromatic ring is 1. The molecule has 9 heteroatoms. The van der Waals surface area contributed by atoms with Gasteiger partial charge in [-0.1, -0.05) is 37.3 Å². The minimum absolute atomic E-state index is 0.0510. The summed E-state index contributed by atoms with van der Waals surface area (Å²) in [7, 11) is 0. The number of nitrogens with two attached hydrogens (primary N) is 1. The number of piperazine rings is 1. The van der Waals surface area contributed by atoms with Crippen molar-refractivity contribution in [2.45, 2.75) is 26.3 Å². The lowest BCUT2D eigenvalue weighted by Gasteiger charge is -2.36. The van der Waals surface area contributed by atoms with Crippen LogP contribution >= 0.6 is 0 Å². The van der Waals surface area contributed by atoms with Crippen LogP contribution in [0, 0.1) is 16.0 Å². The third-order valence-corrected chi connectivity index (χ3v) is 5.92. The molecule has 0 spiro atoms. The van der Waals surface area contributed by atoms with Crippen molar-refractivity contribution in [3.05, 3.63) is 46.0 Å². The molecule has 2 aliphatic rings. The molecule has 4 rings (SSSR count). The van der Waals surface area contributed by atoms with Crippen molar-refractivity contribution in [3.8, 4) is 0 Å². The minimum atomic E-state index is -0.455. The van der Waals surface area contributed by atoms with Gasteiger partial charge in [-0.2, -0.15) is 9.97 Å². The minimum Gasteiger partial charge on any atom is -0.378 e. The number of hydrogen-bond acceptors (Lipinski definition) is 8. The second-order valence-corrected chi connectivity index (χ2v) is 8.28. The van der Waals surface area contributed by atoms with Gasteiger partial charge in [0.25, 0.3) is 0 Å². The van der Waals surface area contributed by atoms with E-state index in [2.05, 4.69) is 38.8 Å². The van der Waals surface area contributed by atoms with Gasteiger partial charge in [0.1, 0.15) is 0 Å². The Hall–Kier alpha value is -2.94. The number of nitrogens with zero attached hydrogens (tertiary/aromatic N) is 6. The summed E-state index contributed by atoms with van der Waals surface area (Å²) in [6.45, 7) is 7.73. The molecule has 160 valence electrons. The summed E-state index contributed by atoms with van der Waals surface area (Å²) in [5, 5.41) is 11.7. The van der Waals surface area contributed by atoms with E-state index in [1.807, 2.05) is 23.1 Å². The Labute approximate surface area is 176 Å². The average molecular weight is 412 g/mol. The van der Waals surface area contributed by atoms with Crippen LogP contribution in [-0.4, -0.2) is 59.1 Å². The molecule has 1 atom stereocenters. The number of anilines is 3. The maximum absolute atomic E-state index is 11.7. The monoisotopic (exact) mass is 411 g/mol. The second kappa shape index (κ2) is 8.83. The van der Waals surface area contributed by atoms with Gasteiger partial charge >= 0.3 is 5.69 Å². The first-order valence-corrected chi connectivity index (χ1v) is 10.6.